The molecule has 0 fully saturated rings. The average molecular weight is 293 g/mol. The van der Waals surface area contributed by atoms with Gasteiger partial charge >= 0.3 is 5.97 Å². The first-order valence-electron chi connectivity index (χ1n) is 5.01. The molecular weight excluding hydrogens is 281 g/mol. The minimum Gasteiger partial charge on any atom is -0.494 e. The fourth-order valence-corrected chi connectivity index (χ4v) is 2.43. The van der Waals surface area contributed by atoms with E-state index in [0.29, 0.717) is 6.07 Å². The molecule has 0 saturated carbocycles. The lowest BCUT2D eigenvalue weighted by Crippen LogP contribution is -2.43. The first-order chi connectivity index (χ1) is 8.81. The van der Waals surface area contributed by atoms with E-state index in [1.165, 1.54) is 7.11 Å². The number of aliphatic carboxylic acids is 1. The number of carbonyl (C=O) groups is 1. The fourth-order valence-electron chi connectivity index (χ4n) is 1.24. The molecule has 0 aromatic heterocycles. The van der Waals surface area contributed by atoms with Crippen LogP contribution in [-0.2, 0) is 14.8 Å². The van der Waals surface area contributed by atoms with Crippen molar-refractivity contribution in [2.24, 2.45) is 0 Å². The van der Waals surface area contributed by atoms with E-state index in [1.807, 2.05) is 0 Å². The number of rotatable bonds is 6. The summed E-state index contributed by atoms with van der Waals surface area (Å²) in [5.41, 5.74) is 0. The van der Waals surface area contributed by atoms with Crippen LogP contribution in [0.2, 0.25) is 0 Å². The van der Waals surface area contributed by atoms with Gasteiger partial charge in [-0.15, -0.1) is 0 Å². The van der Waals surface area contributed by atoms with Crippen molar-refractivity contribution in [1.82, 2.24) is 4.72 Å². The molecule has 0 saturated heterocycles. The van der Waals surface area contributed by atoms with Gasteiger partial charge in [-0.3, -0.25) is 4.79 Å². The number of ether oxygens (including phenoxy) is 1. The number of hydrogen-bond donors (Lipinski definition) is 3. The highest BCUT2D eigenvalue weighted by molar-refractivity contribution is 7.89. The number of sulfonamides is 1. The molecule has 1 aromatic rings. The molecule has 9 heteroatoms. The lowest BCUT2D eigenvalue weighted by Gasteiger charge is -2.12. The van der Waals surface area contributed by atoms with E-state index in [-0.39, 0.29) is 5.75 Å². The van der Waals surface area contributed by atoms with Crippen molar-refractivity contribution < 1.29 is 32.6 Å². The Bertz CT molecular complexity index is 573. The van der Waals surface area contributed by atoms with E-state index in [1.54, 1.807) is 4.72 Å². The maximum absolute atomic E-state index is 13.4. The van der Waals surface area contributed by atoms with Crippen molar-refractivity contribution in [3.8, 4) is 5.75 Å². The average Bonchev–Trinajstić information content (AvgIpc) is 2.35. The number of nitrogens with one attached hydrogen (secondary N) is 1. The minimum atomic E-state index is -4.25. The van der Waals surface area contributed by atoms with Gasteiger partial charge in [-0.2, -0.15) is 4.72 Å². The molecule has 0 aliphatic carbocycles. The van der Waals surface area contributed by atoms with E-state index in [2.05, 4.69) is 4.74 Å². The van der Waals surface area contributed by atoms with Crippen molar-refractivity contribution in [2.75, 3.05) is 13.7 Å². The molecule has 0 unspecified atom stereocenters. The Kier molecular flexibility index (Phi) is 4.81. The Morgan fingerprint density at radius 3 is 2.58 bits per heavy atom. The molecule has 1 rings (SSSR count). The van der Waals surface area contributed by atoms with Crippen LogP contribution in [0.4, 0.5) is 4.39 Å². The van der Waals surface area contributed by atoms with Gasteiger partial charge in [0.2, 0.25) is 10.0 Å². The quantitative estimate of drug-likeness (QED) is 0.655. The lowest BCUT2D eigenvalue weighted by atomic mass is 10.3. The second kappa shape index (κ2) is 5.95. The zero-order valence-electron chi connectivity index (χ0n) is 9.83. The monoisotopic (exact) mass is 293 g/mol. The number of aliphatic hydroxyl groups is 1. The second-order valence-electron chi connectivity index (χ2n) is 3.49. The van der Waals surface area contributed by atoms with E-state index < -0.39 is 39.4 Å². The lowest BCUT2D eigenvalue weighted by molar-refractivity contribution is -0.139. The molecule has 0 heterocycles. The van der Waals surface area contributed by atoms with Crippen LogP contribution < -0.4 is 9.46 Å². The summed E-state index contributed by atoms with van der Waals surface area (Å²) in [4.78, 5) is 10.2. The number of benzene rings is 1. The molecule has 0 spiro atoms. The van der Waals surface area contributed by atoms with E-state index >= 15 is 0 Å². The number of hydrogen-bond acceptors (Lipinski definition) is 5. The van der Waals surface area contributed by atoms with Gasteiger partial charge in [0.1, 0.15) is 6.04 Å². The van der Waals surface area contributed by atoms with Crippen LogP contribution >= 0.6 is 0 Å². The topological polar surface area (TPSA) is 113 Å². The molecule has 19 heavy (non-hydrogen) atoms. The van der Waals surface area contributed by atoms with Crippen molar-refractivity contribution >= 4 is 16.0 Å². The standard InChI is InChI=1S/C10H12FNO6S/c1-18-9-3-2-6(4-7(9)11)19(16,17)12-8(5-13)10(14)15/h2-4,8,12-13H,5H2,1H3,(H,14,15)/t8-/m1/s1. The zero-order valence-corrected chi connectivity index (χ0v) is 10.6. The first kappa shape index (κ1) is 15.3. The SMILES string of the molecule is COc1ccc(S(=O)(=O)N[C@H](CO)C(=O)O)cc1F. The van der Waals surface area contributed by atoms with Crippen LogP contribution in [0, 0.1) is 5.82 Å². The van der Waals surface area contributed by atoms with Crippen molar-refractivity contribution in [3.05, 3.63) is 24.0 Å². The number of methoxy groups -OCH3 is 1. The molecule has 0 aliphatic heterocycles. The highest BCUT2D eigenvalue weighted by atomic mass is 32.2. The molecule has 1 aromatic carbocycles. The Labute approximate surface area is 108 Å². The molecule has 7 nitrogen and oxygen atoms in total. The Morgan fingerprint density at radius 1 is 1.53 bits per heavy atom. The van der Waals surface area contributed by atoms with E-state index in [9.17, 15) is 17.6 Å². The highest BCUT2D eigenvalue weighted by Gasteiger charge is 2.25. The van der Waals surface area contributed by atoms with Gasteiger partial charge in [0.25, 0.3) is 0 Å². The van der Waals surface area contributed by atoms with Crippen molar-refractivity contribution in [3.63, 3.8) is 0 Å². The predicted molar refractivity (Wildman–Crippen MR) is 61.8 cm³/mol. The molecule has 0 bridgehead atoms. The van der Waals surface area contributed by atoms with E-state index in [4.69, 9.17) is 10.2 Å². The summed E-state index contributed by atoms with van der Waals surface area (Å²) in [7, 11) is -3.03. The van der Waals surface area contributed by atoms with Crippen LogP contribution in [0.1, 0.15) is 0 Å². The van der Waals surface area contributed by atoms with E-state index in [0.717, 1.165) is 12.1 Å². The Balaban J connectivity index is 3.07. The third-order valence-electron chi connectivity index (χ3n) is 2.21. The van der Waals surface area contributed by atoms with Gasteiger partial charge in [-0.05, 0) is 18.2 Å². The normalized spacial score (nSPS) is 13.0. The summed E-state index contributed by atoms with van der Waals surface area (Å²) in [6, 6.07) is 1.14. The van der Waals surface area contributed by atoms with Gasteiger partial charge < -0.3 is 14.9 Å². The summed E-state index contributed by atoms with van der Waals surface area (Å²) in [5.74, 6) is -2.59. The van der Waals surface area contributed by atoms with Crippen molar-refractivity contribution in [2.45, 2.75) is 10.9 Å². The summed E-state index contributed by atoms with van der Waals surface area (Å²) in [6.07, 6.45) is 0. The predicted octanol–water partition coefficient (Wildman–Crippen LogP) is -0.442. The van der Waals surface area contributed by atoms with Crippen LogP contribution in [-0.4, -0.2) is 44.4 Å². The minimum absolute atomic E-state index is 0.143. The Hall–Kier alpha value is -1.71. The molecule has 3 N–H and O–H groups in total. The summed E-state index contributed by atoms with van der Waals surface area (Å²) in [6.45, 7) is -0.923. The molecule has 0 amide bonds. The van der Waals surface area contributed by atoms with Gasteiger partial charge in [-0.1, -0.05) is 0 Å². The number of aliphatic hydroxyl groups excluding tert-OH is 1. The third kappa shape index (κ3) is 3.63. The first-order valence-corrected chi connectivity index (χ1v) is 6.49. The molecule has 0 radical (unpaired) electrons. The maximum atomic E-state index is 13.4. The van der Waals surface area contributed by atoms with Crippen molar-refractivity contribution in [1.29, 1.82) is 0 Å². The molecule has 106 valence electrons. The van der Waals surface area contributed by atoms with Crippen LogP contribution in [0.15, 0.2) is 23.1 Å². The van der Waals surface area contributed by atoms with Gasteiger partial charge in [-0.25, -0.2) is 12.8 Å². The van der Waals surface area contributed by atoms with Gasteiger partial charge in [0.05, 0.1) is 18.6 Å². The maximum Gasteiger partial charge on any atom is 0.324 e. The summed E-state index contributed by atoms with van der Waals surface area (Å²) >= 11 is 0. The van der Waals surface area contributed by atoms with Gasteiger partial charge in [0.15, 0.2) is 11.6 Å². The number of carboxylic acid groups (broad SMARTS) is 1. The van der Waals surface area contributed by atoms with Crippen LogP contribution in [0.5, 0.6) is 5.75 Å². The number of carboxylic acids is 1. The largest absolute Gasteiger partial charge is 0.494 e. The highest BCUT2D eigenvalue weighted by Crippen LogP contribution is 2.20. The summed E-state index contributed by atoms with van der Waals surface area (Å²) < 4.78 is 43.3. The smallest absolute Gasteiger partial charge is 0.324 e. The third-order valence-corrected chi connectivity index (χ3v) is 3.68. The summed E-state index contributed by atoms with van der Waals surface area (Å²) in [5, 5.41) is 17.4. The zero-order chi connectivity index (χ0) is 14.6. The fraction of sp³-hybridized carbons (Fsp3) is 0.300. The molecule has 1 atom stereocenters. The van der Waals surface area contributed by atoms with Crippen LogP contribution in [0.3, 0.4) is 0 Å². The van der Waals surface area contributed by atoms with Gasteiger partial charge in [0, 0.05) is 0 Å². The Morgan fingerprint density at radius 2 is 2.16 bits per heavy atom. The van der Waals surface area contributed by atoms with Crippen LogP contribution in [0.25, 0.3) is 0 Å². The molecule has 0 aliphatic rings. The second-order valence-corrected chi connectivity index (χ2v) is 5.21. The molecular formula is C10H12FNO6S. The number of halogens is 1.